The summed E-state index contributed by atoms with van der Waals surface area (Å²) in [5.74, 6) is 0.892. The van der Waals surface area contributed by atoms with E-state index < -0.39 is 0 Å². The topological polar surface area (TPSA) is 72.3 Å². The van der Waals surface area contributed by atoms with Crippen LogP contribution >= 0.6 is 11.8 Å². The third-order valence-corrected chi connectivity index (χ3v) is 4.47. The van der Waals surface area contributed by atoms with Gasteiger partial charge in [-0.3, -0.25) is 9.36 Å². The summed E-state index contributed by atoms with van der Waals surface area (Å²) < 4.78 is 7.44. The van der Waals surface area contributed by atoms with Crippen LogP contribution in [0.25, 0.3) is 0 Å². The van der Waals surface area contributed by atoms with Crippen LogP contribution in [0.3, 0.4) is 0 Å². The van der Waals surface area contributed by atoms with Crippen molar-refractivity contribution in [3.8, 4) is 0 Å². The average Bonchev–Trinajstić information content (AvgIpc) is 2.90. The highest BCUT2D eigenvalue weighted by Crippen LogP contribution is 2.26. The number of nitrogens with one attached hydrogen (secondary N) is 1. The summed E-state index contributed by atoms with van der Waals surface area (Å²) >= 11 is 1.45. The standard InChI is InChI=1S/C14H25N5O2S/c1-5-19-13(18-6-8-21-9-7-18)16-17-14(19)22-11(4)12(20)15-10(2)3/h10-11H,5-9H2,1-4H3,(H,15,20)/t11-/m0/s1. The van der Waals surface area contributed by atoms with Crippen molar-refractivity contribution >= 4 is 23.6 Å². The molecular weight excluding hydrogens is 302 g/mol. The van der Waals surface area contributed by atoms with Crippen LogP contribution in [-0.4, -0.2) is 58.3 Å². The fourth-order valence-corrected chi connectivity index (χ4v) is 3.17. The molecule has 124 valence electrons. The average molecular weight is 327 g/mol. The molecule has 22 heavy (non-hydrogen) atoms. The van der Waals surface area contributed by atoms with Gasteiger partial charge in [-0.05, 0) is 27.7 Å². The largest absolute Gasteiger partial charge is 0.378 e. The predicted octanol–water partition coefficient (Wildman–Crippen LogP) is 1.14. The van der Waals surface area contributed by atoms with E-state index in [0.717, 1.165) is 30.7 Å². The Bertz CT molecular complexity index is 499. The zero-order valence-electron chi connectivity index (χ0n) is 13.7. The van der Waals surface area contributed by atoms with Crippen LogP contribution in [-0.2, 0) is 16.1 Å². The highest BCUT2D eigenvalue weighted by molar-refractivity contribution is 8.00. The first-order valence-corrected chi connectivity index (χ1v) is 8.63. The first-order valence-electron chi connectivity index (χ1n) is 7.75. The van der Waals surface area contributed by atoms with Crippen molar-refractivity contribution in [2.45, 2.75) is 50.7 Å². The summed E-state index contributed by atoms with van der Waals surface area (Å²) in [5.41, 5.74) is 0. The molecule has 1 saturated heterocycles. The monoisotopic (exact) mass is 327 g/mol. The maximum absolute atomic E-state index is 12.0. The Labute approximate surface area is 135 Å². The van der Waals surface area contributed by atoms with Gasteiger partial charge in [-0.2, -0.15) is 0 Å². The van der Waals surface area contributed by atoms with Crippen molar-refractivity contribution in [3.63, 3.8) is 0 Å². The third-order valence-electron chi connectivity index (χ3n) is 3.39. The molecule has 0 aromatic carbocycles. The van der Waals surface area contributed by atoms with E-state index in [1.807, 2.05) is 20.8 Å². The number of carbonyl (C=O) groups is 1. The Hall–Kier alpha value is -1.28. The lowest BCUT2D eigenvalue weighted by molar-refractivity contribution is -0.120. The molecule has 1 aliphatic heterocycles. The van der Waals surface area contributed by atoms with Gasteiger partial charge in [0.15, 0.2) is 5.16 Å². The van der Waals surface area contributed by atoms with E-state index in [1.54, 1.807) is 0 Å². The molecule has 1 atom stereocenters. The number of aromatic nitrogens is 3. The van der Waals surface area contributed by atoms with E-state index in [2.05, 4.69) is 31.9 Å². The second-order valence-corrected chi connectivity index (χ2v) is 6.86. The molecule has 2 rings (SSSR count). The SMILES string of the molecule is CCn1c(S[C@@H](C)C(=O)NC(C)C)nnc1N1CCOCC1. The van der Waals surface area contributed by atoms with Crippen LogP contribution in [0.15, 0.2) is 5.16 Å². The van der Waals surface area contributed by atoms with Gasteiger partial charge in [-0.1, -0.05) is 11.8 Å². The maximum atomic E-state index is 12.0. The lowest BCUT2D eigenvalue weighted by Crippen LogP contribution is -2.38. The molecule has 1 amide bonds. The molecule has 0 aliphatic carbocycles. The van der Waals surface area contributed by atoms with E-state index in [-0.39, 0.29) is 17.2 Å². The van der Waals surface area contributed by atoms with Crippen LogP contribution in [0, 0.1) is 0 Å². The van der Waals surface area contributed by atoms with Crippen LogP contribution in [0.5, 0.6) is 0 Å². The zero-order valence-corrected chi connectivity index (χ0v) is 14.5. The lowest BCUT2D eigenvalue weighted by Gasteiger charge is -2.27. The molecule has 0 saturated carbocycles. The van der Waals surface area contributed by atoms with Crippen LogP contribution in [0.4, 0.5) is 5.95 Å². The number of carbonyl (C=O) groups excluding carboxylic acids is 1. The molecule has 1 aliphatic rings. The molecular formula is C14H25N5O2S. The molecule has 2 heterocycles. The number of hydrogen-bond donors (Lipinski definition) is 1. The smallest absolute Gasteiger partial charge is 0.233 e. The molecule has 1 fully saturated rings. The van der Waals surface area contributed by atoms with Crippen molar-refractivity contribution in [2.24, 2.45) is 0 Å². The Morgan fingerprint density at radius 2 is 2.00 bits per heavy atom. The van der Waals surface area contributed by atoms with Gasteiger partial charge in [0.05, 0.1) is 18.5 Å². The number of morpholine rings is 1. The minimum Gasteiger partial charge on any atom is -0.378 e. The summed E-state index contributed by atoms with van der Waals surface area (Å²) in [4.78, 5) is 14.2. The number of thioether (sulfide) groups is 1. The minimum atomic E-state index is -0.200. The molecule has 0 bridgehead atoms. The summed E-state index contributed by atoms with van der Waals surface area (Å²) in [5, 5.41) is 12.1. The molecule has 7 nitrogen and oxygen atoms in total. The Morgan fingerprint density at radius 3 is 2.59 bits per heavy atom. The maximum Gasteiger partial charge on any atom is 0.233 e. The van der Waals surface area contributed by atoms with Crippen LogP contribution in [0.1, 0.15) is 27.7 Å². The summed E-state index contributed by atoms with van der Waals surface area (Å²) in [6.07, 6.45) is 0. The Balaban J connectivity index is 2.08. The number of nitrogens with zero attached hydrogens (tertiary/aromatic N) is 4. The highest BCUT2D eigenvalue weighted by atomic mass is 32.2. The number of ether oxygens (including phenoxy) is 1. The number of hydrogen-bond acceptors (Lipinski definition) is 6. The molecule has 1 aromatic heterocycles. The fourth-order valence-electron chi connectivity index (χ4n) is 2.26. The quantitative estimate of drug-likeness (QED) is 0.790. The normalized spacial score (nSPS) is 16.9. The van der Waals surface area contributed by atoms with Gasteiger partial charge in [-0.15, -0.1) is 10.2 Å². The number of amides is 1. The van der Waals surface area contributed by atoms with Crippen molar-refractivity contribution in [3.05, 3.63) is 0 Å². The van der Waals surface area contributed by atoms with Crippen molar-refractivity contribution in [1.29, 1.82) is 0 Å². The molecule has 1 N–H and O–H groups in total. The molecule has 1 aromatic rings. The second-order valence-electron chi connectivity index (χ2n) is 5.55. The number of anilines is 1. The summed E-state index contributed by atoms with van der Waals surface area (Å²) in [6.45, 7) is 11.7. The van der Waals surface area contributed by atoms with Gasteiger partial charge in [0.1, 0.15) is 0 Å². The van der Waals surface area contributed by atoms with Gasteiger partial charge in [0.2, 0.25) is 11.9 Å². The lowest BCUT2D eigenvalue weighted by atomic mass is 10.3. The molecule has 0 unspecified atom stereocenters. The summed E-state index contributed by atoms with van der Waals surface area (Å²) in [6, 6.07) is 0.142. The first-order chi connectivity index (χ1) is 10.5. The zero-order chi connectivity index (χ0) is 16.1. The first kappa shape index (κ1) is 17.1. The van der Waals surface area contributed by atoms with E-state index >= 15 is 0 Å². The van der Waals surface area contributed by atoms with Gasteiger partial charge in [0, 0.05) is 25.7 Å². The Kier molecular flexibility index (Phi) is 6.07. The fraction of sp³-hybridized carbons (Fsp3) is 0.786. The summed E-state index contributed by atoms with van der Waals surface area (Å²) in [7, 11) is 0. The van der Waals surface area contributed by atoms with E-state index in [9.17, 15) is 4.79 Å². The van der Waals surface area contributed by atoms with Gasteiger partial charge in [0.25, 0.3) is 0 Å². The molecule has 8 heteroatoms. The van der Waals surface area contributed by atoms with Crippen LogP contribution in [0.2, 0.25) is 0 Å². The van der Waals surface area contributed by atoms with Gasteiger partial charge in [-0.25, -0.2) is 0 Å². The van der Waals surface area contributed by atoms with Gasteiger partial charge < -0.3 is 15.0 Å². The van der Waals surface area contributed by atoms with Crippen molar-refractivity contribution in [1.82, 2.24) is 20.1 Å². The Morgan fingerprint density at radius 1 is 1.32 bits per heavy atom. The van der Waals surface area contributed by atoms with Crippen molar-refractivity contribution < 1.29 is 9.53 Å². The van der Waals surface area contributed by atoms with Gasteiger partial charge >= 0.3 is 0 Å². The minimum absolute atomic E-state index is 0.0265. The van der Waals surface area contributed by atoms with E-state index in [4.69, 9.17) is 4.74 Å². The third kappa shape index (κ3) is 4.13. The number of rotatable bonds is 6. The highest BCUT2D eigenvalue weighted by Gasteiger charge is 2.23. The van der Waals surface area contributed by atoms with Crippen LogP contribution < -0.4 is 10.2 Å². The molecule has 0 spiro atoms. The predicted molar refractivity (Wildman–Crippen MR) is 87.3 cm³/mol. The van der Waals surface area contributed by atoms with Crippen molar-refractivity contribution in [2.75, 3.05) is 31.2 Å². The molecule has 0 radical (unpaired) electrons. The second kappa shape index (κ2) is 7.82. The van der Waals surface area contributed by atoms with E-state index in [1.165, 1.54) is 11.8 Å². The van der Waals surface area contributed by atoms with E-state index in [0.29, 0.717) is 13.2 Å².